The van der Waals surface area contributed by atoms with Crippen molar-refractivity contribution in [2.75, 3.05) is 11.4 Å². The van der Waals surface area contributed by atoms with E-state index in [1.54, 1.807) is 6.26 Å². The molecule has 0 unspecified atom stereocenters. The minimum Gasteiger partial charge on any atom is -0.432 e. The Bertz CT molecular complexity index is 305. The van der Waals surface area contributed by atoms with E-state index in [0.29, 0.717) is 12.6 Å². The molecule has 0 atom stereocenters. The maximum Gasteiger partial charge on any atom is 0.297 e. The molecule has 0 bridgehead atoms. The van der Waals surface area contributed by atoms with Gasteiger partial charge in [0.05, 0.1) is 5.69 Å². The van der Waals surface area contributed by atoms with Crippen LogP contribution in [0.2, 0.25) is 0 Å². The topological polar surface area (TPSA) is 55.3 Å². The zero-order valence-corrected chi connectivity index (χ0v) is 9.28. The quantitative estimate of drug-likeness (QED) is 0.823. The zero-order chi connectivity index (χ0) is 10.7. The number of hydrogen-bond donors (Lipinski definition) is 1. The van der Waals surface area contributed by atoms with E-state index in [-0.39, 0.29) is 0 Å². The van der Waals surface area contributed by atoms with Crippen molar-refractivity contribution < 1.29 is 4.42 Å². The van der Waals surface area contributed by atoms with Gasteiger partial charge in [-0.05, 0) is 19.8 Å². The van der Waals surface area contributed by atoms with Crippen molar-refractivity contribution in [3.63, 3.8) is 0 Å². The summed E-state index contributed by atoms with van der Waals surface area (Å²) in [6.45, 7) is 3.55. The van der Waals surface area contributed by atoms with Gasteiger partial charge in [-0.2, -0.15) is 4.98 Å². The molecule has 2 rings (SSSR count). The molecule has 1 aromatic heterocycles. The second-order valence-electron chi connectivity index (χ2n) is 4.05. The first-order valence-corrected chi connectivity index (χ1v) is 5.76. The van der Waals surface area contributed by atoms with Crippen molar-refractivity contribution in [3.8, 4) is 0 Å². The molecule has 4 nitrogen and oxygen atoms in total. The summed E-state index contributed by atoms with van der Waals surface area (Å²) < 4.78 is 5.46. The molecule has 0 spiro atoms. The van der Waals surface area contributed by atoms with E-state index in [1.165, 1.54) is 25.7 Å². The molecule has 1 fully saturated rings. The molecule has 15 heavy (non-hydrogen) atoms. The fourth-order valence-electron chi connectivity index (χ4n) is 2.29. The molecule has 0 amide bonds. The lowest BCUT2D eigenvalue weighted by molar-refractivity contribution is 0.497. The summed E-state index contributed by atoms with van der Waals surface area (Å²) in [7, 11) is 0. The number of rotatable bonds is 4. The lowest BCUT2D eigenvalue weighted by atomic mass is 10.2. The van der Waals surface area contributed by atoms with E-state index in [9.17, 15) is 0 Å². The van der Waals surface area contributed by atoms with Gasteiger partial charge in [0.15, 0.2) is 0 Å². The summed E-state index contributed by atoms with van der Waals surface area (Å²) >= 11 is 0. The first-order chi connectivity index (χ1) is 7.35. The molecular weight excluding hydrogens is 190 g/mol. The van der Waals surface area contributed by atoms with E-state index < -0.39 is 0 Å². The second kappa shape index (κ2) is 4.66. The molecule has 1 heterocycles. The predicted molar refractivity (Wildman–Crippen MR) is 59.7 cm³/mol. The van der Waals surface area contributed by atoms with Crippen molar-refractivity contribution in [2.24, 2.45) is 5.73 Å². The highest BCUT2D eigenvalue weighted by Crippen LogP contribution is 2.27. The molecule has 0 saturated heterocycles. The van der Waals surface area contributed by atoms with Gasteiger partial charge in [-0.25, -0.2) is 0 Å². The molecule has 4 heteroatoms. The van der Waals surface area contributed by atoms with Gasteiger partial charge < -0.3 is 15.1 Å². The Hall–Kier alpha value is -1.03. The molecule has 1 saturated carbocycles. The fraction of sp³-hybridized carbons (Fsp3) is 0.727. The highest BCUT2D eigenvalue weighted by molar-refractivity contribution is 5.29. The highest BCUT2D eigenvalue weighted by atomic mass is 16.4. The Kier molecular flexibility index (Phi) is 3.26. The zero-order valence-electron chi connectivity index (χ0n) is 9.28. The van der Waals surface area contributed by atoms with Crippen molar-refractivity contribution in [3.05, 3.63) is 12.0 Å². The average Bonchev–Trinajstić information content (AvgIpc) is 2.89. The van der Waals surface area contributed by atoms with Crippen LogP contribution in [0.25, 0.3) is 0 Å². The Balaban J connectivity index is 2.10. The molecule has 1 aromatic rings. The number of aromatic nitrogens is 1. The molecule has 2 N–H and O–H groups in total. The lowest BCUT2D eigenvalue weighted by Crippen LogP contribution is -2.33. The summed E-state index contributed by atoms with van der Waals surface area (Å²) in [4.78, 5) is 6.63. The molecule has 0 radical (unpaired) electrons. The lowest BCUT2D eigenvalue weighted by Gasteiger charge is -2.25. The van der Waals surface area contributed by atoms with Crippen LogP contribution in [0, 0.1) is 0 Å². The third kappa shape index (κ3) is 2.15. The monoisotopic (exact) mass is 209 g/mol. The summed E-state index contributed by atoms with van der Waals surface area (Å²) in [6, 6.07) is 1.35. The van der Waals surface area contributed by atoms with Crippen LogP contribution < -0.4 is 10.6 Å². The maximum absolute atomic E-state index is 5.52. The molecule has 1 aliphatic carbocycles. The first-order valence-electron chi connectivity index (χ1n) is 5.76. The Morgan fingerprint density at radius 2 is 2.27 bits per heavy atom. The average molecular weight is 209 g/mol. The van der Waals surface area contributed by atoms with Gasteiger partial charge in [0.25, 0.3) is 6.01 Å². The van der Waals surface area contributed by atoms with Crippen molar-refractivity contribution in [1.82, 2.24) is 4.98 Å². The third-order valence-electron chi connectivity index (χ3n) is 3.10. The van der Waals surface area contributed by atoms with Gasteiger partial charge in [-0.15, -0.1) is 0 Å². The van der Waals surface area contributed by atoms with E-state index in [4.69, 9.17) is 10.2 Å². The third-order valence-corrected chi connectivity index (χ3v) is 3.10. The van der Waals surface area contributed by atoms with Crippen molar-refractivity contribution in [1.29, 1.82) is 0 Å². The van der Waals surface area contributed by atoms with Crippen LogP contribution in [0.1, 0.15) is 38.3 Å². The number of anilines is 1. The molecule has 1 aliphatic rings. The SMILES string of the molecule is CCN(c1nc(CN)co1)C1CCCC1. The highest BCUT2D eigenvalue weighted by Gasteiger charge is 2.24. The van der Waals surface area contributed by atoms with Gasteiger partial charge >= 0.3 is 0 Å². The van der Waals surface area contributed by atoms with Crippen LogP contribution in [0.5, 0.6) is 0 Å². The van der Waals surface area contributed by atoms with Crippen LogP contribution in [-0.2, 0) is 6.54 Å². The Labute approximate surface area is 90.5 Å². The van der Waals surface area contributed by atoms with Gasteiger partial charge in [-0.3, -0.25) is 0 Å². The Morgan fingerprint density at radius 3 is 2.80 bits per heavy atom. The summed E-state index contributed by atoms with van der Waals surface area (Å²) in [5.41, 5.74) is 6.35. The first kappa shape index (κ1) is 10.5. The standard InChI is InChI=1S/C11H19N3O/c1-2-14(10-5-3-4-6-10)11-13-9(7-12)8-15-11/h8,10H,2-7,12H2,1H3. The van der Waals surface area contributed by atoms with Crippen LogP contribution in [-0.4, -0.2) is 17.6 Å². The summed E-state index contributed by atoms with van der Waals surface area (Å²) in [5.74, 6) is 0. The summed E-state index contributed by atoms with van der Waals surface area (Å²) in [6.07, 6.45) is 6.83. The summed E-state index contributed by atoms with van der Waals surface area (Å²) in [5, 5.41) is 0. The predicted octanol–water partition coefficient (Wildman–Crippen LogP) is 1.90. The minimum absolute atomic E-state index is 0.450. The Morgan fingerprint density at radius 1 is 1.53 bits per heavy atom. The largest absolute Gasteiger partial charge is 0.432 e. The van der Waals surface area contributed by atoms with Crippen LogP contribution in [0.15, 0.2) is 10.7 Å². The molecule has 84 valence electrons. The normalized spacial score (nSPS) is 17.2. The van der Waals surface area contributed by atoms with E-state index in [0.717, 1.165) is 18.3 Å². The van der Waals surface area contributed by atoms with Crippen molar-refractivity contribution in [2.45, 2.75) is 45.2 Å². The van der Waals surface area contributed by atoms with Gasteiger partial charge in [0.2, 0.25) is 0 Å². The number of nitrogens with zero attached hydrogens (tertiary/aromatic N) is 2. The fourth-order valence-corrected chi connectivity index (χ4v) is 2.29. The maximum atomic E-state index is 5.52. The van der Waals surface area contributed by atoms with Crippen LogP contribution in [0.4, 0.5) is 6.01 Å². The molecule has 0 aromatic carbocycles. The van der Waals surface area contributed by atoms with Gasteiger partial charge in [-0.1, -0.05) is 12.8 Å². The number of nitrogens with two attached hydrogens (primary N) is 1. The van der Waals surface area contributed by atoms with Crippen LogP contribution in [0.3, 0.4) is 0 Å². The second-order valence-corrected chi connectivity index (χ2v) is 4.05. The van der Waals surface area contributed by atoms with Crippen molar-refractivity contribution >= 4 is 6.01 Å². The number of oxazole rings is 1. The van der Waals surface area contributed by atoms with Crippen LogP contribution >= 0.6 is 0 Å². The molecule has 0 aliphatic heterocycles. The molecular formula is C11H19N3O. The minimum atomic E-state index is 0.450. The smallest absolute Gasteiger partial charge is 0.297 e. The van der Waals surface area contributed by atoms with E-state index >= 15 is 0 Å². The van der Waals surface area contributed by atoms with Gasteiger partial charge in [0, 0.05) is 19.1 Å². The number of hydrogen-bond acceptors (Lipinski definition) is 4. The van der Waals surface area contributed by atoms with E-state index in [1.807, 2.05) is 0 Å². The van der Waals surface area contributed by atoms with E-state index in [2.05, 4.69) is 16.8 Å². The van der Waals surface area contributed by atoms with Gasteiger partial charge in [0.1, 0.15) is 6.26 Å².